The second-order valence-corrected chi connectivity index (χ2v) is 3.83. The Balaban J connectivity index is 2.33. The van der Waals surface area contributed by atoms with Crippen LogP contribution in [0.5, 0.6) is 5.75 Å². The van der Waals surface area contributed by atoms with Crippen molar-refractivity contribution in [2.24, 2.45) is 7.05 Å². The first kappa shape index (κ1) is 11.9. The number of nitriles is 1. The predicted molar refractivity (Wildman–Crippen MR) is 64.3 cm³/mol. The summed E-state index contributed by atoms with van der Waals surface area (Å²) < 4.78 is 7.87. The zero-order chi connectivity index (χ0) is 13.1. The van der Waals surface area contributed by atoms with Gasteiger partial charge < -0.3 is 4.74 Å². The van der Waals surface area contributed by atoms with E-state index in [9.17, 15) is 4.79 Å². The fourth-order valence-electron chi connectivity index (χ4n) is 1.63. The van der Waals surface area contributed by atoms with Crippen molar-refractivity contribution in [2.45, 2.75) is 6.54 Å². The molecular formula is C12H12N4O2. The third-order valence-electron chi connectivity index (χ3n) is 2.61. The molecule has 0 saturated carbocycles. The SMILES string of the molecule is COc1cc(Cn2ncn(C)c2=O)ccc1C#N. The quantitative estimate of drug-likeness (QED) is 0.788. The standard InChI is InChI=1S/C12H12N4O2/c1-15-8-14-16(12(15)17)7-9-3-4-10(6-13)11(5-9)18-2/h3-5,8H,7H2,1-2H3. The molecule has 0 N–H and O–H groups in total. The highest BCUT2D eigenvalue weighted by molar-refractivity contribution is 5.45. The monoisotopic (exact) mass is 244 g/mol. The highest BCUT2D eigenvalue weighted by Crippen LogP contribution is 2.19. The Bertz CT molecular complexity index is 663. The van der Waals surface area contributed by atoms with Crippen molar-refractivity contribution in [2.75, 3.05) is 7.11 Å². The van der Waals surface area contributed by atoms with Gasteiger partial charge in [-0.1, -0.05) is 6.07 Å². The van der Waals surface area contributed by atoms with E-state index < -0.39 is 0 Å². The van der Waals surface area contributed by atoms with Gasteiger partial charge in [-0.2, -0.15) is 10.4 Å². The minimum atomic E-state index is -0.182. The summed E-state index contributed by atoms with van der Waals surface area (Å²) in [7, 11) is 3.15. The lowest BCUT2D eigenvalue weighted by Gasteiger charge is -2.05. The van der Waals surface area contributed by atoms with Crippen LogP contribution < -0.4 is 10.4 Å². The summed E-state index contributed by atoms with van der Waals surface area (Å²) in [6, 6.07) is 7.22. The van der Waals surface area contributed by atoms with Crippen LogP contribution in [-0.2, 0) is 13.6 Å². The Kier molecular flexibility index (Phi) is 3.15. The molecule has 2 rings (SSSR count). The van der Waals surface area contributed by atoms with E-state index in [0.717, 1.165) is 5.56 Å². The highest BCUT2D eigenvalue weighted by atomic mass is 16.5. The number of aromatic nitrogens is 3. The van der Waals surface area contributed by atoms with E-state index in [1.165, 1.54) is 22.7 Å². The summed E-state index contributed by atoms with van der Waals surface area (Å²) in [5.41, 5.74) is 1.14. The van der Waals surface area contributed by atoms with Gasteiger partial charge in [-0.3, -0.25) is 4.57 Å². The molecule has 0 spiro atoms. The predicted octanol–water partition coefficient (Wildman–Crippen LogP) is 0.510. The van der Waals surface area contributed by atoms with Gasteiger partial charge >= 0.3 is 5.69 Å². The number of nitrogens with zero attached hydrogens (tertiary/aromatic N) is 4. The molecule has 1 heterocycles. The first-order valence-electron chi connectivity index (χ1n) is 5.31. The average molecular weight is 244 g/mol. The van der Waals surface area contributed by atoms with Gasteiger partial charge in [0.25, 0.3) is 0 Å². The molecule has 0 radical (unpaired) electrons. The Morgan fingerprint density at radius 3 is 2.83 bits per heavy atom. The van der Waals surface area contributed by atoms with E-state index in [-0.39, 0.29) is 5.69 Å². The van der Waals surface area contributed by atoms with Crippen molar-refractivity contribution >= 4 is 0 Å². The molecule has 0 fully saturated rings. The first-order chi connectivity index (χ1) is 8.65. The van der Waals surface area contributed by atoms with Gasteiger partial charge in [-0.05, 0) is 17.7 Å². The Labute approximate surface area is 104 Å². The van der Waals surface area contributed by atoms with Gasteiger partial charge in [-0.15, -0.1) is 0 Å². The summed E-state index contributed by atoms with van der Waals surface area (Å²) in [5, 5.41) is 12.8. The molecule has 92 valence electrons. The molecule has 0 aliphatic rings. The van der Waals surface area contributed by atoms with Crippen LogP contribution in [-0.4, -0.2) is 21.5 Å². The molecule has 0 atom stereocenters. The van der Waals surface area contributed by atoms with Gasteiger partial charge in [-0.25, -0.2) is 9.48 Å². The minimum Gasteiger partial charge on any atom is -0.495 e. The normalized spacial score (nSPS) is 10.1. The van der Waals surface area contributed by atoms with Gasteiger partial charge in [0, 0.05) is 7.05 Å². The zero-order valence-corrected chi connectivity index (χ0v) is 10.1. The third kappa shape index (κ3) is 2.11. The van der Waals surface area contributed by atoms with Crippen molar-refractivity contribution in [3.8, 4) is 11.8 Å². The molecule has 1 aromatic heterocycles. The zero-order valence-electron chi connectivity index (χ0n) is 10.1. The van der Waals surface area contributed by atoms with Crippen molar-refractivity contribution in [3.05, 3.63) is 46.1 Å². The van der Waals surface area contributed by atoms with E-state index in [1.807, 2.05) is 6.07 Å². The first-order valence-corrected chi connectivity index (χ1v) is 5.31. The van der Waals surface area contributed by atoms with Crippen LogP contribution in [0.4, 0.5) is 0 Å². The Hall–Kier alpha value is -2.55. The maximum Gasteiger partial charge on any atom is 0.345 e. The number of aryl methyl sites for hydroxylation is 1. The summed E-state index contributed by atoms with van der Waals surface area (Å²) in [6.07, 6.45) is 1.46. The van der Waals surface area contributed by atoms with Crippen LogP contribution in [0, 0.1) is 11.3 Å². The Morgan fingerprint density at radius 1 is 1.50 bits per heavy atom. The van der Waals surface area contributed by atoms with E-state index in [1.54, 1.807) is 25.2 Å². The highest BCUT2D eigenvalue weighted by Gasteiger charge is 2.06. The largest absolute Gasteiger partial charge is 0.495 e. The number of hydrogen-bond donors (Lipinski definition) is 0. The molecule has 18 heavy (non-hydrogen) atoms. The third-order valence-corrected chi connectivity index (χ3v) is 2.61. The lowest BCUT2D eigenvalue weighted by Crippen LogP contribution is -2.23. The molecular weight excluding hydrogens is 232 g/mol. The molecule has 0 unspecified atom stereocenters. The summed E-state index contributed by atoms with van der Waals surface area (Å²) >= 11 is 0. The van der Waals surface area contributed by atoms with Crippen LogP contribution in [0.25, 0.3) is 0 Å². The molecule has 1 aromatic carbocycles. The molecule has 0 saturated heterocycles. The maximum absolute atomic E-state index is 11.6. The van der Waals surface area contributed by atoms with Gasteiger partial charge in [0.1, 0.15) is 18.1 Å². The smallest absolute Gasteiger partial charge is 0.345 e. The van der Waals surface area contributed by atoms with Gasteiger partial charge in [0.2, 0.25) is 0 Å². The van der Waals surface area contributed by atoms with E-state index >= 15 is 0 Å². The fraction of sp³-hybridized carbons (Fsp3) is 0.250. The number of benzene rings is 1. The van der Waals surface area contributed by atoms with Crippen LogP contribution in [0.3, 0.4) is 0 Å². The molecule has 6 heteroatoms. The summed E-state index contributed by atoms with van der Waals surface area (Å²) in [4.78, 5) is 11.6. The minimum absolute atomic E-state index is 0.182. The second kappa shape index (κ2) is 4.75. The van der Waals surface area contributed by atoms with Gasteiger partial charge in [0.15, 0.2) is 0 Å². The lowest BCUT2D eigenvalue weighted by molar-refractivity contribution is 0.412. The van der Waals surface area contributed by atoms with Crippen molar-refractivity contribution < 1.29 is 4.74 Å². The second-order valence-electron chi connectivity index (χ2n) is 3.83. The molecule has 0 amide bonds. The van der Waals surface area contributed by atoms with Crippen LogP contribution in [0.2, 0.25) is 0 Å². The summed E-state index contributed by atoms with van der Waals surface area (Å²) in [6.45, 7) is 0.349. The van der Waals surface area contributed by atoms with Crippen molar-refractivity contribution in [1.29, 1.82) is 5.26 Å². The van der Waals surface area contributed by atoms with Gasteiger partial charge in [0.05, 0.1) is 19.2 Å². The van der Waals surface area contributed by atoms with E-state index in [0.29, 0.717) is 17.9 Å². The number of hydrogen-bond acceptors (Lipinski definition) is 4. The van der Waals surface area contributed by atoms with Crippen molar-refractivity contribution in [1.82, 2.24) is 14.3 Å². The maximum atomic E-state index is 11.6. The van der Waals surface area contributed by atoms with Crippen LogP contribution >= 0.6 is 0 Å². The lowest BCUT2D eigenvalue weighted by atomic mass is 10.1. The fourth-order valence-corrected chi connectivity index (χ4v) is 1.63. The average Bonchev–Trinajstić information content (AvgIpc) is 2.70. The number of methoxy groups -OCH3 is 1. The molecule has 0 aliphatic heterocycles. The number of ether oxygens (including phenoxy) is 1. The van der Waals surface area contributed by atoms with Crippen molar-refractivity contribution in [3.63, 3.8) is 0 Å². The molecule has 0 bridgehead atoms. The van der Waals surface area contributed by atoms with Crippen LogP contribution in [0.15, 0.2) is 29.3 Å². The molecule has 0 aliphatic carbocycles. The topological polar surface area (TPSA) is 72.8 Å². The molecule has 6 nitrogen and oxygen atoms in total. The van der Waals surface area contributed by atoms with Crippen LogP contribution in [0.1, 0.15) is 11.1 Å². The van der Waals surface area contributed by atoms with E-state index in [4.69, 9.17) is 10.00 Å². The number of rotatable bonds is 3. The Morgan fingerprint density at radius 2 is 2.28 bits per heavy atom. The summed E-state index contributed by atoms with van der Waals surface area (Å²) in [5.74, 6) is 0.499. The molecule has 2 aromatic rings. The van der Waals surface area contributed by atoms with E-state index in [2.05, 4.69) is 5.10 Å².